The van der Waals surface area contributed by atoms with E-state index in [0.717, 1.165) is 12.8 Å². The molecule has 0 saturated heterocycles. The SMILES string of the molecule is C=C/C=C/C(CC)(CC)C(C)=O. The molecule has 0 aromatic rings. The molecule has 0 aromatic carbocycles. The number of rotatable bonds is 5. The van der Waals surface area contributed by atoms with Crippen LogP contribution in [0.25, 0.3) is 0 Å². The van der Waals surface area contributed by atoms with E-state index < -0.39 is 0 Å². The Morgan fingerprint density at radius 2 is 1.92 bits per heavy atom. The molecule has 1 heteroatoms. The second kappa shape index (κ2) is 4.91. The number of ketones is 1. The zero-order valence-electron chi connectivity index (χ0n) is 8.26. The summed E-state index contributed by atoms with van der Waals surface area (Å²) in [5.41, 5.74) is -0.256. The van der Waals surface area contributed by atoms with Crippen molar-refractivity contribution in [1.29, 1.82) is 0 Å². The molecule has 0 atom stereocenters. The van der Waals surface area contributed by atoms with Gasteiger partial charge in [-0.15, -0.1) is 0 Å². The molecule has 0 N–H and O–H groups in total. The predicted octanol–water partition coefficient (Wildman–Crippen LogP) is 3.12. The van der Waals surface area contributed by atoms with E-state index in [4.69, 9.17) is 0 Å². The topological polar surface area (TPSA) is 17.1 Å². The third-order valence-electron chi connectivity index (χ3n) is 2.51. The fourth-order valence-electron chi connectivity index (χ4n) is 1.35. The van der Waals surface area contributed by atoms with Crippen LogP contribution in [0.3, 0.4) is 0 Å². The van der Waals surface area contributed by atoms with E-state index in [1.165, 1.54) is 0 Å². The van der Waals surface area contributed by atoms with Crippen LogP contribution in [0.4, 0.5) is 0 Å². The van der Waals surface area contributed by atoms with Gasteiger partial charge in [0, 0.05) is 5.41 Å². The summed E-state index contributed by atoms with van der Waals surface area (Å²) in [5.74, 6) is 0.241. The molecule has 0 radical (unpaired) electrons. The summed E-state index contributed by atoms with van der Waals surface area (Å²) in [5, 5.41) is 0. The van der Waals surface area contributed by atoms with Gasteiger partial charge >= 0.3 is 0 Å². The molecule has 0 heterocycles. The van der Waals surface area contributed by atoms with E-state index in [1.807, 2.05) is 26.0 Å². The lowest BCUT2D eigenvalue weighted by Crippen LogP contribution is -2.24. The van der Waals surface area contributed by atoms with Gasteiger partial charge in [-0.1, -0.05) is 38.7 Å². The van der Waals surface area contributed by atoms with E-state index in [2.05, 4.69) is 6.58 Å². The van der Waals surface area contributed by atoms with E-state index in [0.29, 0.717) is 0 Å². The van der Waals surface area contributed by atoms with E-state index in [1.54, 1.807) is 13.0 Å². The molecule has 0 aromatic heterocycles. The van der Waals surface area contributed by atoms with Gasteiger partial charge in [0.2, 0.25) is 0 Å². The number of Topliss-reactive ketones (excluding diaryl/α,β-unsaturated/α-hetero) is 1. The molecule has 0 amide bonds. The zero-order valence-corrected chi connectivity index (χ0v) is 8.26. The smallest absolute Gasteiger partial charge is 0.139 e. The number of carbonyl (C=O) groups is 1. The number of hydrogen-bond donors (Lipinski definition) is 0. The van der Waals surface area contributed by atoms with Gasteiger partial charge in [0.15, 0.2) is 0 Å². The summed E-state index contributed by atoms with van der Waals surface area (Å²) < 4.78 is 0. The fraction of sp³-hybridized carbons (Fsp3) is 0.545. The van der Waals surface area contributed by atoms with Crippen LogP contribution >= 0.6 is 0 Å². The van der Waals surface area contributed by atoms with Crippen LogP contribution in [0.15, 0.2) is 24.8 Å². The van der Waals surface area contributed by atoms with Gasteiger partial charge in [0.1, 0.15) is 5.78 Å². The molecule has 0 spiro atoms. The highest BCUT2D eigenvalue weighted by Gasteiger charge is 2.27. The normalized spacial score (nSPS) is 11.9. The molecule has 0 aliphatic rings. The van der Waals surface area contributed by atoms with Gasteiger partial charge in [-0.25, -0.2) is 0 Å². The van der Waals surface area contributed by atoms with Crippen LogP contribution in [0.5, 0.6) is 0 Å². The van der Waals surface area contributed by atoms with Crippen molar-refractivity contribution in [3.63, 3.8) is 0 Å². The van der Waals surface area contributed by atoms with E-state index in [-0.39, 0.29) is 11.2 Å². The largest absolute Gasteiger partial charge is 0.299 e. The maximum Gasteiger partial charge on any atom is 0.139 e. The van der Waals surface area contributed by atoms with Gasteiger partial charge in [-0.05, 0) is 19.8 Å². The molecular weight excluding hydrogens is 148 g/mol. The van der Waals surface area contributed by atoms with Crippen LogP contribution in [0.1, 0.15) is 33.6 Å². The number of allylic oxidation sites excluding steroid dienone is 3. The van der Waals surface area contributed by atoms with E-state index in [9.17, 15) is 4.79 Å². The first kappa shape index (κ1) is 11.2. The van der Waals surface area contributed by atoms with Gasteiger partial charge in [-0.3, -0.25) is 4.79 Å². The summed E-state index contributed by atoms with van der Waals surface area (Å²) in [4.78, 5) is 11.3. The van der Waals surface area contributed by atoms with Crippen LogP contribution in [-0.4, -0.2) is 5.78 Å². The summed E-state index contributed by atoms with van der Waals surface area (Å²) >= 11 is 0. The lowest BCUT2D eigenvalue weighted by molar-refractivity contribution is -0.124. The summed E-state index contributed by atoms with van der Waals surface area (Å²) in [6, 6.07) is 0. The molecule has 0 rings (SSSR count). The molecule has 0 aliphatic carbocycles. The summed E-state index contributed by atoms with van der Waals surface area (Å²) in [7, 11) is 0. The highest BCUT2D eigenvalue weighted by molar-refractivity contribution is 5.84. The van der Waals surface area contributed by atoms with Crippen molar-refractivity contribution in [3.8, 4) is 0 Å². The van der Waals surface area contributed by atoms with Gasteiger partial charge in [-0.2, -0.15) is 0 Å². The molecular formula is C11H18O. The lowest BCUT2D eigenvalue weighted by atomic mass is 9.78. The summed E-state index contributed by atoms with van der Waals surface area (Å²) in [6.45, 7) is 9.33. The minimum atomic E-state index is -0.256. The van der Waals surface area contributed by atoms with Crippen molar-refractivity contribution in [2.75, 3.05) is 0 Å². The maximum absolute atomic E-state index is 11.3. The second-order valence-corrected chi connectivity index (χ2v) is 3.01. The van der Waals surface area contributed by atoms with Crippen molar-refractivity contribution < 1.29 is 4.79 Å². The average Bonchev–Trinajstić information content (AvgIpc) is 2.07. The molecule has 0 unspecified atom stereocenters. The number of carbonyl (C=O) groups excluding carboxylic acids is 1. The monoisotopic (exact) mass is 166 g/mol. The Morgan fingerprint density at radius 1 is 1.42 bits per heavy atom. The molecule has 68 valence electrons. The van der Waals surface area contributed by atoms with Crippen molar-refractivity contribution in [1.82, 2.24) is 0 Å². The van der Waals surface area contributed by atoms with Crippen LogP contribution in [0, 0.1) is 5.41 Å². The highest BCUT2D eigenvalue weighted by atomic mass is 16.1. The standard InChI is InChI=1S/C11H18O/c1-5-8-9-11(6-2,7-3)10(4)12/h5,8-9H,1,6-7H2,2-4H3/b9-8+. The van der Waals surface area contributed by atoms with Crippen molar-refractivity contribution >= 4 is 5.78 Å². The Bertz CT molecular complexity index is 185. The van der Waals surface area contributed by atoms with Crippen LogP contribution in [-0.2, 0) is 4.79 Å². The van der Waals surface area contributed by atoms with Crippen molar-refractivity contribution in [2.45, 2.75) is 33.6 Å². The van der Waals surface area contributed by atoms with Gasteiger partial charge < -0.3 is 0 Å². The Morgan fingerprint density at radius 3 is 2.17 bits per heavy atom. The first-order chi connectivity index (χ1) is 5.63. The number of hydrogen-bond acceptors (Lipinski definition) is 1. The first-order valence-corrected chi connectivity index (χ1v) is 4.44. The third-order valence-corrected chi connectivity index (χ3v) is 2.51. The Hall–Kier alpha value is -0.850. The van der Waals surface area contributed by atoms with E-state index >= 15 is 0 Å². The molecule has 1 nitrogen and oxygen atoms in total. The molecule has 0 saturated carbocycles. The van der Waals surface area contributed by atoms with Gasteiger partial charge in [0.05, 0.1) is 0 Å². The first-order valence-electron chi connectivity index (χ1n) is 4.44. The average molecular weight is 166 g/mol. The fourth-order valence-corrected chi connectivity index (χ4v) is 1.35. The Labute approximate surface area is 75.2 Å². The maximum atomic E-state index is 11.3. The Balaban J connectivity index is 4.69. The molecule has 0 aliphatic heterocycles. The quantitative estimate of drug-likeness (QED) is 0.573. The molecule has 12 heavy (non-hydrogen) atoms. The van der Waals surface area contributed by atoms with Crippen LogP contribution in [0.2, 0.25) is 0 Å². The molecule has 0 fully saturated rings. The van der Waals surface area contributed by atoms with Crippen molar-refractivity contribution in [3.05, 3.63) is 24.8 Å². The minimum absolute atomic E-state index is 0.241. The van der Waals surface area contributed by atoms with Gasteiger partial charge in [0.25, 0.3) is 0 Å². The van der Waals surface area contributed by atoms with Crippen molar-refractivity contribution in [2.24, 2.45) is 5.41 Å². The minimum Gasteiger partial charge on any atom is -0.299 e. The Kier molecular flexibility index (Phi) is 4.57. The second-order valence-electron chi connectivity index (χ2n) is 3.01. The molecule has 0 bridgehead atoms. The highest BCUT2D eigenvalue weighted by Crippen LogP contribution is 2.29. The van der Waals surface area contributed by atoms with Crippen LogP contribution < -0.4 is 0 Å². The third kappa shape index (κ3) is 2.33. The zero-order chi connectivity index (χ0) is 9.61. The lowest BCUT2D eigenvalue weighted by Gasteiger charge is -2.24. The predicted molar refractivity (Wildman–Crippen MR) is 53.0 cm³/mol. The summed E-state index contributed by atoms with van der Waals surface area (Å²) in [6.07, 6.45) is 7.26.